The van der Waals surface area contributed by atoms with E-state index >= 15 is 0 Å². The van der Waals surface area contributed by atoms with Crippen LogP contribution < -0.4 is 0 Å². The van der Waals surface area contributed by atoms with E-state index in [1.807, 2.05) is 0 Å². The monoisotopic (exact) mass is 192 g/mol. The molecule has 0 nitrogen and oxygen atoms in total. The first-order valence-electron chi connectivity index (χ1n) is 6.01. The van der Waals surface area contributed by atoms with Crippen molar-refractivity contribution in [2.45, 2.75) is 53.3 Å². The van der Waals surface area contributed by atoms with Crippen molar-refractivity contribution in [1.29, 1.82) is 0 Å². The first-order chi connectivity index (χ1) is 6.65. The van der Waals surface area contributed by atoms with Gasteiger partial charge >= 0.3 is 0 Å². The van der Waals surface area contributed by atoms with Gasteiger partial charge in [-0.1, -0.05) is 51.2 Å². The van der Waals surface area contributed by atoms with Crippen LogP contribution in [0.3, 0.4) is 0 Å². The lowest BCUT2D eigenvalue weighted by atomic mass is 9.91. The van der Waals surface area contributed by atoms with E-state index in [0.29, 0.717) is 5.92 Å². The molecule has 0 bridgehead atoms. The number of hydrogen-bond donors (Lipinski definition) is 0. The van der Waals surface area contributed by atoms with Crippen LogP contribution >= 0.6 is 0 Å². The molecule has 0 amide bonds. The second-order valence-electron chi connectivity index (χ2n) is 4.25. The molecule has 0 saturated heterocycles. The van der Waals surface area contributed by atoms with Gasteiger partial charge in [-0.25, -0.2) is 0 Å². The summed E-state index contributed by atoms with van der Waals surface area (Å²) in [6.07, 6.45) is 9.71. The van der Waals surface area contributed by atoms with Gasteiger partial charge in [-0.3, -0.25) is 0 Å². The van der Waals surface area contributed by atoms with E-state index in [9.17, 15) is 0 Å². The minimum absolute atomic E-state index is 0.656. The zero-order valence-electron chi connectivity index (χ0n) is 10.6. The fourth-order valence-electron chi connectivity index (χ4n) is 1.73. The van der Waals surface area contributed by atoms with Gasteiger partial charge in [-0.05, 0) is 31.3 Å². The van der Waals surface area contributed by atoms with Crippen molar-refractivity contribution < 1.29 is 0 Å². The average molecular weight is 192 g/mol. The Balaban J connectivity index is 4.51. The largest absolute Gasteiger partial charge is 0.101 e. The molecule has 0 aliphatic rings. The summed E-state index contributed by atoms with van der Waals surface area (Å²) in [5, 5.41) is 0. The zero-order chi connectivity index (χ0) is 11.0. The van der Waals surface area contributed by atoms with Crippen molar-refractivity contribution in [2.75, 3.05) is 0 Å². The van der Waals surface area contributed by atoms with Gasteiger partial charge in [0.1, 0.15) is 7.85 Å². The van der Waals surface area contributed by atoms with E-state index in [4.69, 9.17) is 0 Å². The van der Waals surface area contributed by atoms with Crippen molar-refractivity contribution in [3.05, 3.63) is 23.3 Å². The molecular weight excluding hydrogens is 167 g/mol. The number of hydrogen-bond acceptors (Lipinski definition) is 0. The van der Waals surface area contributed by atoms with Crippen molar-refractivity contribution in [3.8, 4) is 0 Å². The third kappa shape index (κ3) is 5.31. The van der Waals surface area contributed by atoms with Gasteiger partial charge in [-0.15, -0.1) is 0 Å². The third-order valence-electron chi connectivity index (χ3n) is 2.51. The van der Waals surface area contributed by atoms with Crippen molar-refractivity contribution in [2.24, 2.45) is 5.92 Å². The highest BCUT2D eigenvalue weighted by atomic mass is 14.1. The van der Waals surface area contributed by atoms with Crippen LogP contribution in [0.2, 0.25) is 6.32 Å². The second kappa shape index (κ2) is 7.90. The summed E-state index contributed by atoms with van der Waals surface area (Å²) < 4.78 is 0. The Morgan fingerprint density at radius 1 is 1.29 bits per heavy atom. The first kappa shape index (κ1) is 13.5. The highest BCUT2D eigenvalue weighted by molar-refractivity contribution is 6.08. The van der Waals surface area contributed by atoms with Crippen molar-refractivity contribution in [3.63, 3.8) is 0 Å². The van der Waals surface area contributed by atoms with Crippen LogP contribution in [0.4, 0.5) is 0 Å². The lowest BCUT2D eigenvalue weighted by Crippen LogP contribution is -1.93. The summed E-state index contributed by atoms with van der Waals surface area (Å²) >= 11 is 0. The van der Waals surface area contributed by atoms with Gasteiger partial charge in [0.15, 0.2) is 0 Å². The van der Waals surface area contributed by atoms with Crippen LogP contribution in [-0.4, -0.2) is 7.85 Å². The summed E-state index contributed by atoms with van der Waals surface area (Å²) in [6.45, 7) is 8.93. The fourth-order valence-corrected chi connectivity index (χ4v) is 1.73. The molecule has 0 aromatic rings. The summed E-state index contributed by atoms with van der Waals surface area (Å²) in [5.41, 5.74) is 3.11. The van der Waals surface area contributed by atoms with Crippen LogP contribution in [0.5, 0.6) is 0 Å². The molecule has 80 valence electrons. The first-order valence-corrected chi connectivity index (χ1v) is 6.01. The Bertz CT molecular complexity index is 191. The maximum absolute atomic E-state index is 2.41. The summed E-state index contributed by atoms with van der Waals surface area (Å²) in [7, 11) is 2.26. The van der Waals surface area contributed by atoms with E-state index in [1.54, 1.807) is 5.57 Å². The van der Waals surface area contributed by atoms with Gasteiger partial charge in [0, 0.05) is 0 Å². The number of allylic oxidation sites excluding steroid dienone is 4. The van der Waals surface area contributed by atoms with Gasteiger partial charge in [0.05, 0.1) is 0 Å². The topological polar surface area (TPSA) is 0 Å². The average Bonchev–Trinajstić information content (AvgIpc) is 2.14. The lowest BCUT2D eigenvalue weighted by molar-refractivity contribution is 0.778. The standard InChI is InChI=1S/C13H25B/c1-5-7-12(8-9-14)10-13(6-2)11(3)4/h6,10-11H,5,7-9,14H2,1-4H3/b12-10+,13-6+. The zero-order valence-corrected chi connectivity index (χ0v) is 10.6. The Kier molecular flexibility index (Phi) is 7.65. The molecule has 0 spiro atoms. The summed E-state index contributed by atoms with van der Waals surface area (Å²) in [5.74, 6) is 0.656. The number of rotatable bonds is 6. The molecule has 0 N–H and O–H groups in total. The Hall–Kier alpha value is -0.455. The van der Waals surface area contributed by atoms with Crippen LogP contribution in [0.25, 0.3) is 0 Å². The molecule has 0 aliphatic heterocycles. The molecule has 0 aliphatic carbocycles. The fraction of sp³-hybridized carbons (Fsp3) is 0.692. The van der Waals surface area contributed by atoms with Crippen LogP contribution in [-0.2, 0) is 0 Å². The van der Waals surface area contributed by atoms with E-state index in [0.717, 1.165) is 0 Å². The van der Waals surface area contributed by atoms with Crippen LogP contribution in [0.15, 0.2) is 23.3 Å². The van der Waals surface area contributed by atoms with Crippen LogP contribution in [0, 0.1) is 5.92 Å². The van der Waals surface area contributed by atoms with E-state index in [1.165, 1.54) is 31.2 Å². The molecule has 0 unspecified atom stereocenters. The van der Waals surface area contributed by atoms with E-state index < -0.39 is 0 Å². The van der Waals surface area contributed by atoms with Crippen LogP contribution in [0.1, 0.15) is 47.0 Å². The second-order valence-corrected chi connectivity index (χ2v) is 4.25. The third-order valence-corrected chi connectivity index (χ3v) is 2.51. The molecule has 0 aromatic heterocycles. The highest BCUT2D eigenvalue weighted by Crippen LogP contribution is 2.19. The van der Waals surface area contributed by atoms with Crippen molar-refractivity contribution >= 4 is 7.85 Å². The van der Waals surface area contributed by atoms with E-state index in [2.05, 4.69) is 47.7 Å². The molecule has 0 heterocycles. The molecule has 1 heteroatoms. The predicted molar refractivity (Wildman–Crippen MR) is 69.6 cm³/mol. The Labute approximate surface area is 90.9 Å². The minimum Gasteiger partial charge on any atom is -0.0842 e. The lowest BCUT2D eigenvalue weighted by Gasteiger charge is -2.10. The Morgan fingerprint density at radius 2 is 1.93 bits per heavy atom. The maximum Gasteiger partial charge on any atom is 0.101 e. The molecular formula is C13H25B. The molecule has 0 atom stereocenters. The van der Waals surface area contributed by atoms with E-state index in [-0.39, 0.29) is 0 Å². The molecule has 0 aromatic carbocycles. The molecule has 0 saturated carbocycles. The maximum atomic E-state index is 2.41. The van der Waals surface area contributed by atoms with Gasteiger partial charge in [0.25, 0.3) is 0 Å². The molecule has 14 heavy (non-hydrogen) atoms. The van der Waals surface area contributed by atoms with Gasteiger partial charge in [-0.2, -0.15) is 0 Å². The highest BCUT2D eigenvalue weighted by Gasteiger charge is 2.01. The molecule has 0 radical (unpaired) electrons. The molecule has 0 fully saturated rings. The molecule has 0 rings (SSSR count). The van der Waals surface area contributed by atoms with Gasteiger partial charge < -0.3 is 0 Å². The van der Waals surface area contributed by atoms with Gasteiger partial charge in [0.2, 0.25) is 0 Å². The summed E-state index contributed by atoms with van der Waals surface area (Å²) in [6, 6.07) is 0. The quantitative estimate of drug-likeness (QED) is 0.444. The SMILES string of the molecule is BCC/C(=C/C(=C\C)C(C)C)CCC. The minimum atomic E-state index is 0.656. The Morgan fingerprint density at radius 3 is 2.29 bits per heavy atom. The predicted octanol–water partition coefficient (Wildman–Crippen LogP) is 3.76. The summed E-state index contributed by atoms with van der Waals surface area (Å²) in [4.78, 5) is 0. The smallest absolute Gasteiger partial charge is 0.0842 e. The van der Waals surface area contributed by atoms with Crippen molar-refractivity contribution in [1.82, 2.24) is 0 Å². The normalized spacial score (nSPS) is 13.8.